The van der Waals surface area contributed by atoms with Crippen LogP contribution >= 0.6 is 0 Å². The van der Waals surface area contributed by atoms with E-state index in [9.17, 15) is 9.90 Å². The SMILES string of the molecule is CC(C)(C)C(C(=O)O)c1ccc2c(c1)[C@@H]1O[C@@H]1C(C)(C)O2. The van der Waals surface area contributed by atoms with E-state index in [1.54, 1.807) is 0 Å². The summed E-state index contributed by atoms with van der Waals surface area (Å²) in [5, 5.41) is 9.56. The molecule has 1 unspecified atom stereocenters. The molecule has 3 atom stereocenters. The number of carboxylic acids is 1. The number of epoxide rings is 1. The summed E-state index contributed by atoms with van der Waals surface area (Å²) in [6, 6.07) is 5.69. The fourth-order valence-electron chi connectivity index (χ4n) is 3.29. The van der Waals surface area contributed by atoms with E-state index in [2.05, 4.69) is 0 Å². The van der Waals surface area contributed by atoms with Crippen molar-refractivity contribution in [1.82, 2.24) is 0 Å². The van der Waals surface area contributed by atoms with Crippen molar-refractivity contribution in [1.29, 1.82) is 0 Å². The molecule has 2 aliphatic rings. The van der Waals surface area contributed by atoms with Gasteiger partial charge in [-0.3, -0.25) is 4.79 Å². The smallest absolute Gasteiger partial charge is 0.311 e. The van der Waals surface area contributed by atoms with Gasteiger partial charge < -0.3 is 14.6 Å². The molecular formula is C17H22O4. The number of hydrogen-bond donors (Lipinski definition) is 1. The van der Waals surface area contributed by atoms with Gasteiger partial charge in [0, 0.05) is 5.56 Å². The van der Waals surface area contributed by atoms with Gasteiger partial charge in [-0.1, -0.05) is 26.8 Å². The average molecular weight is 290 g/mol. The van der Waals surface area contributed by atoms with Gasteiger partial charge in [0.2, 0.25) is 0 Å². The Balaban J connectivity index is 2.01. The molecule has 1 fully saturated rings. The third-order valence-corrected chi connectivity index (χ3v) is 4.34. The first-order valence-electron chi connectivity index (χ1n) is 7.32. The van der Waals surface area contributed by atoms with E-state index in [1.165, 1.54) is 0 Å². The largest absolute Gasteiger partial charge is 0.485 e. The second kappa shape index (κ2) is 4.23. The maximum absolute atomic E-state index is 11.6. The van der Waals surface area contributed by atoms with Gasteiger partial charge in [0.1, 0.15) is 23.6 Å². The second-order valence-corrected chi connectivity index (χ2v) is 7.62. The molecule has 0 bridgehead atoms. The molecular weight excluding hydrogens is 268 g/mol. The van der Waals surface area contributed by atoms with Crippen molar-refractivity contribution >= 4 is 5.97 Å². The summed E-state index contributed by atoms with van der Waals surface area (Å²) < 4.78 is 11.7. The lowest BCUT2D eigenvalue weighted by molar-refractivity contribution is -0.141. The zero-order valence-electron chi connectivity index (χ0n) is 13.1. The highest BCUT2D eigenvalue weighted by atomic mass is 16.6. The third-order valence-electron chi connectivity index (χ3n) is 4.34. The van der Waals surface area contributed by atoms with Crippen LogP contribution in [0.15, 0.2) is 18.2 Å². The van der Waals surface area contributed by atoms with Crippen LogP contribution in [0, 0.1) is 5.41 Å². The lowest BCUT2D eigenvalue weighted by Crippen LogP contribution is -2.37. The van der Waals surface area contributed by atoms with Gasteiger partial charge in [-0.05, 0) is 37.0 Å². The number of hydrogen-bond acceptors (Lipinski definition) is 3. The van der Waals surface area contributed by atoms with Gasteiger partial charge in [-0.25, -0.2) is 0 Å². The number of aliphatic carboxylic acids is 1. The van der Waals surface area contributed by atoms with Crippen molar-refractivity contribution in [3.8, 4) is 5.75 Å². The summed E-state index contributed by atoms with van der Waals surface area (Å²) in [6.07, 6.45) is 0.108. The van der Waals surface area contributed by atoms with Crippen molar-refractivity contribution in [3.63, 3.8) is 0 Å². The van der Waals surface area contributed by atoms with E-state index in [0.717, 1.165) is 16.9 Å². The Morgan fingerprint density at radius 1 is 1.33 bits per heavy atom. The topological polar surface area (TPSA) is 59.1 Å². The van der Waals surface area contributed by atoms with Crippen molar-refractivity contribution in [2.75, 3.05) is 0 Å². The first-order valence-corrected chi connectivity index (χ1v) is 7.32. The van der Waals surface area contributed by atoms with Crippen molar-refractivity contribution < 1.29 is 19.4 Å². The van der Waals surface area contributed by atoms with Crippen LogP contribution in [0.5, 0.6) is 5.75 Å². The fourth-order valence-corrected chi connectivity index (χ4v) is 3.29. The summed E-state index contributed by atoms with van der Waals surface area (Å²) in [5.74, 6) is -0.539. The quantitative estimate of drug-likeness (QED) is 0.847. The molecule has 0 radical (unpaired) electrons. The van der Waals surface area contributed by atoms with E-state index < -0.39 is 11.9 Å². The number of benzene rings is 1. The van der Waals surface area contributed by atoms with Gasteiger partial charge in [-0.15, -0.1) is 0 Å². The van der Waals surface area contributed by atoms with Crippen LogP contribution < -0.4 is 4.74 Å². The van der Waals surface area contributed by atoms with Crippen molar-refractivity contribution in [3.05, 3.63) is 29.3 Å². The Morgan fingerprint density at radius 2 is 2.00 bits per heavy atom. The maximum Gasteiger partial charge on any atom is 0.311 e. The molecule has 1 N–H and O–H groups in total. The molecule has 1 aromatic carbocycles. The number of fused-ring (bicyclic) bond motifs is 3. The van der Waals surface area contributed by atoms with Gasteiger partial charge in [-0.2, -0.15) is 0 Å². The van der Waals surface area contributed by atoms with Crippen LogP contribution in [0.1, 0.15) is 57.8 Å². The Kier molecular flexibility index (Phi) is 2.90. The minimum Gasteiger partial charge on any atom is -0.485 e. The Morgan fingerprint density at radius 3 is 2.57 bits per heavy atom. The zero-order chi connectivity index (χ0) is 15.6. The van der Waals surface area contributed by atoms with Crippen molar-refractivity contribution in [2.24, 2.45) is 5.41 Å². The second-order valence-electron chi connectivity index (χ2n) is 7.62. The molecule has 0 saturated carbocycles. The van der Waals surface area contributed by atoms with E-state index in [1.807, 2.05) is 52.8 Å². The zero-order valence-corrected chi connectivity index (χ0v) is 13.1. The van der Waals surface area contributed by atoms with Crippen LogP contribution in [-0.4, -0.2) is 22.8 Å². The Labute approximate surface area is 125 Å². The molecule has 2 heterocycles. The number of ether oxygens (including phenoxy) is 2. The van der Waals surface area contributed by atoms with E-state index >= 15 is 0 Å². The molecule has 1 aromatic rings. The molecule has 4 nitrogen and oxygen atoms in total. The van der Waals surface area contributed by atoms with Gasteiger partial charge >= 0.3 is 5.97 Å². The van der Waals surface area contributed by atoms with E-state index in [4.69, 9.17) is 9.47 Å². The lowest BCUT2D eigenvalue weighted by atomic mass is 9.76. The molecule has 3 rings (SSSR count). The number of carboxylic acid groups (broad SMARTS) is 1. The fraction of sp³-hybridized carbons (Fsp3) is 0.588. The third kappa shape index (κ3) is 2.31. The van der Waals surface area contributed by atoms with E-state index in [-0.39, 0.29) is 23.2 Å². The molecule has 0 aliphatic carbocycles. The van der Waals surface area contributed by atoms with Gasteiger partial charge in [0.25, 0.3) is 0 Å². The number of carbonyl (C=O) groups is 1. The normalized spacial score (nSPS) is 27.1. The van der Waals surface area contributed by atoms with Gasteiger partial charge in [0.15, 0.2) is 0 Å². The van der Waals surface area contributed by atoms with Crippen LogP contribution in [0.3, 0.4) is 0 Å². The van der Waals surface area contributed by atoms with Crippen LogP contribution in [0.25, 0.3) is 0 Å². The van der Waals surface area contributed by atoms with Crippen molar-refractivity contribution in [2.45, 2.75) is 58.3 Å². The standard InChI is InChI=1S/C17H22O4/c1-16(2,3)12(15(18)19)9-6-7-11-10(8-9)13-14(20-13)17(4,5)21-11/h6-8,12-14H,1-5H3,(H,18,19)/t12?,13-,14-/m0/s1. The summed E-state index contributed by atoms with van der Waals surface area (Å²) in [6.45, 7) is 9.87. The summed E-state index contributed by atoms with van der Waals surface area (Å²) in [4.78, 5) is 11.6. The highest BCUT2D eigenvalue weighted by molar-refractivity contribution is 5.77. The first-order chi connectivity index (χ1) is 9.61. The predicted octanol–water partition coefficient (Wildman–Crippen LogP) is 3.51. The molecule has 1 saturated heterocycles. The minimum absolute atomic E-state index is 0.0399. The monoisotopic (exact) mass is 290 g/mol. The molecule has 4 heteroatoms. The summed E-state index contributed by atoms with van der Waals surface area (Å²) in [5.41, 5.74) is 1.12. The van der Waals surface area contributed by atoms with Crippen LogP contribution in [0.2, 0.25) is 0 Å². The Hall–Kier alpha value is -1.55. The maximum atomic E-state index is 11.6. The molecule has 0 amide bonds. The first kappa shape index (κ1) is 14.4. The Bertz CT molecular complexity index is 597. The molecule has 2 aliphatic heterocycles. The van der Waals surface area contributed by atoms with Crippen LogP contribution in [-0.2, 0) is 9.53 Å². The van der Waals surface area contributed by atoms with E-state index in [0.29, 0.717) is 0 Å². The summed E-state index contributed by atoms with van der Waals surface area (Å²) >= 11 is 0. The van der Waals surface area contributed by atoms with Crippen LogP contribution in [0.4, 0.5) is 0 Å². The molecule has 114 valence electrons. The highest BCUT2D eigenvalue weighted by Gasteiger charge is 2.56. The molecule has 0 aromatic heterocycles. The highest BCUT2D eigenvalue weighted by Crippen LogP contribution is 2.54. The average Bonchev–Trinajstić information content (AvgIpc) is 3.08. The lowest BCUT2D eigenvalue weighted by Gasteiger charge is -2.31. The minimum atomic E-state index is -0.798. The molecule has 0 spiro atoms. The van der Waals surface area contributed by atoms with Gasteiger partial charge in [0.05, 0.1) is 5.92 Å². The molecule has 21 heavy (non-hydrogen) atoms. The predicted molar refractivity (Wildman–Crippen MR) is 78.6 cm³/mol. The number of rotatable bonds is 2. The summed E-state index contributed by atoms with van der Waals surface area (Å²) in [7, 11) is 0.